The maximum absolute atomic E-state index is 13.2. The second-order valence-corrected chi connectivity index (χ2v) is 9.44. The van der Waals surface area contributed by atoms with Crippen LogP contribution in [0.5, 0.6) is 0 Å². The Balaban J connectivity index is 1.21. The van der Waals surface area contributed by atoms with Crippen LogP contribution in [0, 0.1) is 11.7 Å². The molecule has 6 nitrogen and oxygen atoms in total. The number of H-pyrrole nitrogens is 1. The van der Waals surface area contributed by atoms with Crippen LogP contribution in [0.25, 0.3) is 20.7 Å². The maximum atomic E-state index is 13.2. The van der Waals surface area contributed by atoms with Crippen LogP contribution in [0.2, 0.25) is 0 Å². The minimum atomic E-state index is -0.273. The lowest BCUT2D eigenvalue weighted by Gasteiger charge is -2.31. The zero-order chi connectivity index (χ0) is 21.2. The van der Waals surface area contributed by atoms with Crippen molar-refractivity contribution in [2.45, 2.75) is 31.9 Å². The summed E-state index contributed by atoms with van der Waals surface area (Å²) in [7, 11) is 0. The van der Waals surface area contributed by atoms with Gasteiger partial charge in [0.15, 0.2) is 0 Å². The van der Waals surface area contributed by atoms with Crippen molar-refractivity contribution in [1.29, 1.82) is 0 Å². The van der Waals surface area contributed by atoms with Crippen molar-refractivity contribution < 1.29 is 13.9 Å². The molecule has 0 saturated carbocycles. The summed E-state index contributed by atoms with van der Waals surface area (Å²) in [5.41, 5.74) is 1.46. The SMILES string of the molecule is O=c1[nH]c(CN2CCC(OCC3CCOC3)CC2)nc2cc(-c3ccc(F)cc3)sc12. The number of ether oxygens (including phenoxy) is 2. The monoisotopic (exact) mass is 443 g/mol. The Morgan fingerprint density at radius 1 is 1.23 bits per heavy atom. The van der Waals surface area contributed by atoms with Gasteiger partial charge in [-0.05, 0) is 43.0 Å². The van der Waals surface area contributed by atoms with E-state index in [2.05, 4.69) is 9.88 Å². The van der Waals surface area contributed by atoms with Gasteiger partial charge < -0.3 is 14.5 Å². The first kappa shape index (κ1) is 20.8. The Labute approximate surface area is 184 Å². The number of nitrogens with zero attached hydrogens (tertiary/aromatic N) is 2. The van der Waals surface area contributed by atoms with Crippen molar-refractivity contribution in [1.82, 2.24) is 14.9 Å². The van der Waals surface area contributed by atoms with Gasteiger partial charge >= 0.3 is 0 Å². The lowest BCUT2D eigenvalue weighted by molar-refractivity contribution is -0.0120. The Morgan fingerprint density at radius 3 is 2.77 bits per heavy atom. The largest absolute Gasteiger partial charge is 0.381 e. The van der Waals surface area contributed by atoms with Crippen molar-refractivity contribution in [3.05, 3.63) is 52.3 Å². The molecule has 0 spiro atoms. The van der Waals surface area contributed by atoms with E-state index in [-0.39, 0.29) is 11.4 Å². The number of hydrogen-bond acceptors (Lipinski definition) is 6. The summed E-state index contributed by atoms with van der Waals surface area (Å²) in [5.74, 6) is 0.956. The standard InChI is InChI=1S/C23H26FN3O3S/c24-17-3-1-16(2-4-17)20-11-19-22(31-20)23(28)26-21(25-19)12-27-8-5-18(6-9-27)30-14-15-7-10-29-13-15/h1-4,11,15,18H,5-10,12-14H2,(H,25,26,28). The van der Waals surface area contributed by atoms with Gasteiger partial charge in [-0.15, -0.1) is 11.3 Å². The first-order chi connectivity index (χ1) is 15.1. The van der Waals surface area contributed by atoms with Gasteiger partial charge in [0, 0.05) is 30.5 Å². The minimum absolute atomic E-state index is 0.115. The Bertz CT molecular complexity index is 1080. The fourth-order valence-corrected chi connectivity index (χ4v) is 5.25. The van der Waals surface area contributed by atoms with E-state index < -0.39 is 0 Å². The third-order valence-corrected chi connectivity index (χ3v) is 7.23. The lowest BCUT2D eigenvalue weighted by atomic mass is 10.1. The molecule has 2 aliphatic rings. The van der Waals surface area contributed by atoms with Gasteiger partial charge in [0.25, 0.3) is 5.56 Å². The molecule has 0 bridgehead atoms. The van der Waals surface area contributed by atoms with E-state index in [0.29, 0.717) is 34.6 Å². The average Bonchev–Trinajstić information content (AvgIpc) is 3.44. The van der Waals surface area contributed by atoms with Crippen LogP contribution in [0.1, 0.15) is 25.1 Å². The summed E-state index contributed by atoms with van der Waals surface area (Å²) in [6, 6.07) is 8.22. The molecule has 164 valence electrons. The minimum Gasteiger partial charge on any atom is -0.381 e. The van der Waals surface area contributed by atoms with Crippen LogP contribution in [0.3, 0.4) is 0 Å². The van der Waals surface area contributed by atoms with Gasteiger partial charge in [0.1, 0.15) is 16.3 Å². The average molecular weight is 444 g/mol. The van der Waals surface area contributed by atoms with E-state index in [1.807, 2.05) is 6.07 Å². The molecule has 8 heteroatoms. The van der Waals surface area contributed by atoms with E-state index in [1.54, 1.807) is 12.1 Å². The number of hydrogen-bond donors (Lipinski definition) is 1. The van der Waals surface area contributed by atoms with Gasteiger partial charge in [-0.3, -0.25) is 9.69 Å². The number of likely N-dealkylation sites (tertiary alicyclic amines) is 1. The summed E-state index contributed by atoms with van der Waals surface area (Å²) >= 11 is 1.39. The summed E-state index contributed by atoms with van der Waals surface area (Å²) in [5, 5.41) is 0. The summed E-state index contributed by atoms with van der Waals surface area (Å²) in [6.45, 7) is 4.96. The second kappa shape index (κ2) is 9.16. The van der Waals surface area contributed by atoms with Gasteiger partial charge in [0.2, 0.25) is 0 Å². The highest BCUT2D eigenvalue weighted by atomic mass is 32.1. The molecule has 2 aliphatic heterocycles. The van der Waals surface area contributed by atoms with Crippen molar-refractivity contribution in [3.63, 3.8) is 0 Å². The maximum Gasteiger partial charge on any atom is 0.268 e. The van der Waals surface area contributed by atoms with Crippen LogP contribution in [-0.2, 0) is 16.0 Å². The normalized spacial score (nSPS) is 20.6. The quantitative estimate of drug-likeness (QED) is 0.628. The molecule has 3 aromatic rings. The second-order valence-electron chi connectivity index (χ2n) is 8.38. The van der Waals surface area contributed by atoms with E-state index in [0.717, 1.165) is 62.6 Å². The highest BCUT2D eigenvalue weighted by molar-refractivity contribution is 7.22. The number of halogens is 1. The lowest BCUT2D eigenvalue weighted by Crippen LogP contribution is -2.37. The summed E-state index contributed by atoms with van der Waals surface area (Å²) in [6.07, 6.45) is 3.40. The fourth-order valence-electron chi connectivity index (χ4n) is 4.25. The first-order valence-corrected chi connectivity index (χ1v) is 11.7. The summed E-state index contributed by atoms with van der Waals surface area (Å²) < 4.78 is 25.3. The first-order valence-electron chi connectivity index (χ1n) is 10.8. The Kier molecular flexibility index (Phi) is 6.13. The molecule has 1 unspecified atom stereocenters. The highest BCUT2D eigenvalue weighted by Gasteiger charge is 2.23. The molecule has 1 atom stereocenters. The number of aromatic amines is 1. The van der Waals surface area contributed by atoms with E-state index in [1.165, 1.54) is 23.5 Å². The van der Waals surface area contributed by atoms with E-state index in [4.69, 9.17) is 14.5 Å². The van der Waals surface area contributed by atoms with Crippen LogP contribution >= 0.6 is 11.3 Å². The Hall–Kier alpha value is -2.13. The molecule has 31 heavy (non-hydrogen) atoms. The zero-order valence-corrected chi connectivity index (χ0v) is 18.1. The molecule has 0 aliphatic carbocycles. The van der Waals surface area contributed by atoms with Crippen molar-refractivity contribution in [2.75, 3.05) is 32.9 Å². The molecular formula is C23H26FN3O3S. The number of rotatable bonds is 6. The molecule has 0 amide bonds. The van der Waals surface area contributed by atoms with E-state index >= 15 is 0 Å². The molecule has 4 heterocycles. The van der Waals surface area contributed by atoms with Gasteiger partial charge in [0.05, 0.1) is 31.4 Å². The highest BCUT2D eigenvalue weighted by Crippen LogP contribution is 2.31. The molecule has 1 N–H and O–H groups in total. The number of aromatic nitrogens is 2. The number of benzene rings is 1. The zero-order valence-electron chi connectivity index (χ0n) is 17.3. The number of nitrogens with one attached hydrogen (secondary N) is 1. The molecule has 5 rings (SSSR count). The van der Waals surface area contributed by atoms with Crippen molar-refractivity contribution in [3.8, 4) is 10.4 Å². The van der Waals surface area contributed by atoms with Crippen LogP contribution in [0.15, 0.2) is 35.1 Å². The van der Waals surface area contributed by atoms with Crippen LogP contribution in [-0.4, -0.2) is 53.9 Å². The van der Waals surface area contributed by atoms with Gasteiger partial charge in [-0.2, -0.15) is 0 Å². The molecule has 1 aromatic carbocycles. The number of piperidine rings is 1. The van der Waals surface area contributed by atoms with Gasteiger partial charge in [-0.25, -0.2) is 9.37 Å². The third-order valence-electron chi connectivity index (χ3n) is 6.06. The number of fused-ring (bicyclic) bond motifs is 1. The fraction of sp³-hybridized carbons (Fsp3) is 0.478. The molecular weight excluding hydrogens is 417 g/mol. The van der Waals surface area contributed by atoms with E-state index in [9.17, 15) is 9.18 Å². The molecule has 2 fully saturated rings. The van der Waals surface area contributed by atoms with Gasteiger partial charge in [-0.1, -0.05) is 12.1 Å². The molecule has 0 radical (unpaired) electrons. The van der Waals surface area contributed by atoms with Crippen LogP contribution in [0.4, 0.5) is 4.39 Å². The smallest absolute Gasteiger partial charge is 0.268 e. The van der Waals surface area contributed by atoms with Crippen LogP contribution < -0.4 is 5.56 Å². The van der Waals surface area contributed by atoms with Crippen molar-refractivity contribution >= 4 is 21.6 Å². The summed E-state index contributed by atoms with van der Waals surface area (Å²) in [4.78, 5) is 23.5. The Morgan fingerprint density at radius 2 is 2.03 bits per heavy atom. The van der Waals surface area contributed by atoms with Crippen molar-refractivity contribution in [2.24, 2.45) is 5.92 Å². The predicted molar refractivity (Wildman–Crippen MR) is 119 cm³/mol. The molecule has 2 aromatic heterocycles. The number of thiophene rings is 1. The topological polar surface area (TPSA) is 67.5 Å². The third kappa shape index (κ3) is 4.87. The predicted octanol–water partition coefficient (Wildman–Crippen LogP) is 3.81. The molecule has 2 saturated heterocycles.